The third kappa shape index (κ3) is 2.31. The highest BCUT2D eigenvalue weighted by molar-refractivity contribution is 5.91. The van der Waals surface area contributed by atoms with Gasteiger partial charge in [0.25, 0.3) is 0 Å². The van der Waals surface area contributed by atoms with Crippen LogP contribution in [-0.2, 0) is 0 Å². The van der Waals surface area contributed by atoms with E-state index >= 15 is 0 Å². The Hall–Kier alpha value is -0.630. The number of hydrogen-bond acceptors (Lipinski definition) is 2. The van der Waals surface area contributed by atoms with Crippen molar-refractivity contribution in [2.24, 2.45) is 5.73 Å². The van der Waals surface area contributed by atoms with Gasteiger partial charge >= 0.3 is 0 Å². The van der Waals surface area contributed by atoms with Crippen LogP contribution in [0.5, 0.6) is 0 Å². The van der Waals surface area contributed by atoms with E-state index in [9.17, 15) is 0 Å². The van der Waals surface area contributed by atoms with E-state index in [4.69, 9.17) is 11.1 Å². The molecule has 0 aromatic carbocycles. The lowest BCUT2D eigenvalue weighted by Crippen LogP contribution is -2.43. The van der Waals surface area contributed by atoms with Crippen molar-refractivity contribution in [3.63, 3.8) is 0 Å². The summed E-state index contributed by atoms with van der Waals surface area (Å²) >= 11 is 0. The SMILES string of the molecule is C=CCC(=N)C(C)(N)CC. The lowest BCUT2D eigenvalue weighted by molar-refractivity contribution is 0.592. The van der Waals surface area contributed by atoms with Crippen molar-refractivity contribution in [1.29, 1.82) is 5.41 Å². The second-order valence-corrected chi connectivity index (χ2v) is 2.74. The standard InChI is InChI=1S/C8H16N2/c1-4-6-7(9)8(3,10)5-2/h4,9H,1,5-6,10H2,2-3H3. The molecule has 0 aromatic heterocycles. The molecule has 0 aliphatic heterocycles. The number of nitrogens with two attached hydrogens (primary N) is 1. The monoisotopic (exact) mass is 140 g/mol. The molecule has 0 amide bonds. The maximum Gasteiger partial charge on any atom is 0.0508 e. The van der Waals surface area contributed by atoms with E-state index in [1.807, 2.05) is 13.8 Å². The van der Waals surface area contributed by atoms with Gasteiger partial charge in [0.15, 0.2) is 0 Å². The van der Waals surface area contributed by atoms with Crippen LogP contribution >= 0.6 is 0 Å². The number of hydrogen-bond donors (Lipinski definition) is 2. The van der Waals surface area contributed by atoms with E-state index < -0.39 is 5.54 Å². The molecule has 10 heavy (non-hydrogen) atoms. The molecule has 0 spiro atoms. The Bertz CT molecular complexity index is 136. The Morgan fingerprint density at radius 3 is 2.60 bits per heavy atom. The van der Waals surface area contributed by atoms with Gasteiger partial charge < -0.3 is 11.1 Å². The molecule has 0 saturated heterocycles. The van der Waals surface area contributed by atoms with Crippen molar-refractivity contribution < 1.29 is 0 Å². The molecule has 2 heteroatoms. The number of allylic oxidation sites excluding steroid dienone is 1. The van der Waals surface area contributed by atoms with Crippen LogP contribution in [0.1, 0.15) is 26.7 Å². The van der Waals surface area contributed by atoms with Gasteiger partial charge in [-0.2, -0.15) is 0 Å². The van der Waals surface area contributed by atoms with Crippen molar-refractivity contribution >= 4 is 5.71 Å². The highest BCUT2D eigenvalue weighted by atomic mass is 14.8. The molecule has 0 rings (SSSR count). The normalized spacial score (nSPS) is 15.9. The van der Waals surface area contributed by atoms with Gasteiger partial charge in [0.1, 0.15) is 0 Å². The van der Waals surface area contributed by atoms with E-state index in [0.717, 1.165) is 6.42 Å². The Kier molecular flexibility index (Phi) is 3.30. The highest BCUT2D eigenvalue weighted by Crippen LogP contribution is 2.08. The van der Waals surface area contributed by atoms with Crippen LogP contribution in [0, 0.1) is 5.41 Å². The molecule has 0 radical (unpaired) electrons. The Morgan fingerprint density at radius 1 is 1.80 bits per heavy atom. The molecule has 0 aliphatic rings. The Morgan fingerprint density at radius 2 is 2.30 bits per heavy atom. The molecule has 3 N–H and O–H groups in total. The second kappa shape index (κ2) is 3.52. The molecule has 0 aliphatic carbocycles. The first-order valence-electron chi connectivity index (χ1n) is 3.52. The average Bonchev–Trinajstić information content (AvgIpc) is 1.89. The van der Waals surface area contributed by atoms with Crippen LogP contribution in [0.4, 0.5) is 0 Å². The topological polar surface area (TPSA) is 49.9 Å². The Labute approximate surface area is 62.6 Å². The fourth-order valence-electron chi connectivity index (χ4n) is 0.591. The highest BCUT2D eigenvalue weighted by Gasteiger charge is 2.19. The summed E-state index contributed by atoms with van der Waals surface area (Å²) < 4.78 is 0. The Balaban J connectivity index is 4.03. The van der Waals surface area contributed by atoms with Gasteiger partial charge in [-0.05, 0) is 13.3 Å². The molecule has 0 fully saturated rings. The minimum Gasteiger partial charge on any atom is -0.321 e. The predicted molar refractivity (Wildman–Crippen MR) is 45.4 cm³/mol. The van der Waals surface area contributed by atoms with E-state index in [-0.39, 0.29) is 0 Å². The molecular weight excluding hydrogens is 124 g/mol. The summed E-state index contributed by atoms with van der Waals surface area (Å²) in [7, 11) is 0. The van der Waals surface area contributed by atoms with Crippen molar-refractivity contribution in [3.05, 3.63) is 12.7 Å². The summed E-state index contributed by atoms with van der Waals surface area (Å²) in [6.07, 6.45) is 3.11. The molecule has 1 unspecified atom stereocenters. The maximum absolute atomic E-state index is 7.50. The molecule has 0 aromatic rings. The summed E-state index contributed by atoms with van der Waals surface area (Å²) in [5.74, 6) is 0. The van der Waals surface area contributed by atoms with E-state index in [1.165, 1.54) is 0 Å². The molecule has 0 bridgehead atoms. The fourth-order valence-corrected chi connectivity index (χ4v) is 0.591. The second-order valence-electron chi connectivity index (χ2n) is 2.74. The van der Waals surface area contributed by atoms with Crippen molar-refractivity contribution in [3.8, 4) is 0 Å². The lowest BCUT2D eigenvalue weighted by atomic mass is 9.92. The molecule has 1 atom stereocenters. The van der Waals surface area contributed by atoms with Crippen LogP contribution in [0.3, 0.4) is 0 Å². The summed E-state index contributed by atoms with van der Waals surface area (Å²) in [6.45, 7) is 7.41. The molecular formula is C8H16N2. The quantitative estimate of drug-likeness (QED) is 0.453. The summed E-state index contributed by atoms with van der Waals surface area (Å²) in [5.41, 5.74) is 5.90. The first-order chi connectivity index (χ1) is 4.54. The third-order valence-electron chi connectivity index (χ3n) is 1.77. The molecule has 58 valence electrons. The van der Waals surface area contributed by atoms with Gasteiger partial charge in [-0.15, -0.1) is 6.58 Å². The van der Waals surface area contributed by atoms with Crippen LogP contribution in [0.15, 0.2) is 12.7 Å². The lowest BCUT2D eigenvalue weighted by Gasteiger charge is -2.22. The van der Waals surface area contributed by atoms with Gasteiger partial charge in [0, 0.05) is 12.1 Å². The number of nitrogens with one attached hydrogen (secondary N) is 1. The van der Waals surface area contributed by atoms with E-state index in [0.29, 0.717) is 12.1 Å². The van der Waals surface area contributed by atoms with Gasteiger partial charge in [0.2, 0.25) is 0 Å². The van der Waals surface area contributed by atoms with Gasteiger partial charge in [-0.3, -0.25) is 0 Å². The minimum absolute atomic E-state index is 0.436. The zero-order chi connectivity index (χ0) is 8.20. The predicted octanol–water partition coefficient (Wildman–Crippen LogP) is 1.71. The average molecular weight is 140 g/mol. The van der Waals surface area contributed by atoms with Crippen LogP contribution in [-0.4, -0.2) is 11.3 Å². The summed E-state index contributed by atoms with van der Waals surface area (Å²) in [4.78, 5) is 0. The van der Waals surface area contributed by atoms with Crippen LogP contribution in [0.25, 0.3) is 0 Å². The first kappa shape index (κ1) is 9.37. The molecule has 0 saturated carbocycles. The molecule has 2 nitrogen and oxygen atoms in total. The van der Waals surface area contributed by atoms with Gasteiger partial charge in [-0.25, -0.2) is 0 Å². The zero-order valence-electron chi connectivity index (χ0n) is 6.78. The third-order valence-corrected chi connectivity index (χ3v) is 1.77. The van der Waals surface area contributed by atoms with Crippen LogP contribution < -0.4 is 5.73 Å². The van der Waals surface area contributed by atoms with E-state index in [2.05, 4.69) is 6.58 Å². The van der Waals surface area contributed by atoms with Crippen LogP contribution in [0.2, 0.25) is 0 Å². The maximum atomic E-state index is 7.50. The van der Waals surface area contributed by atoms with Crippen molar-refractivity contribution in [2.45, 2.75) is 32.2 Å². The van der Waals surface area contributed by atoms with Crippen molar-refractivity contribution in [2.75, 3.05) is 0 Å². The summed E-state index contributed by atoms with van der Waals surface area (Å²) in [5, 5.41) is 7.50. The summed E-state index contributed by atoms with van der Waals surface area (Å²) in [6, 6.07) is 0. The zero-order valence-corrected chi connectivity index (χ0v) is 6.78. The first-order valence-corrected chi connectivity index (χ1v) is 3.52. The fraction of sp³-hybridized carbons (Fsp3) is 0.625. The van der Waals surface area contributed by atoms with Gasteiger partial charge in [0.05, 0.1) is 5.54 Å². The van der Waals surface area contributed by atoms with Crippen molar-refractivity contribution in [1.82, 2.24) is 0 Å². The minimum atomic E-state index is -0.436. The van der Waals surface area contributed by atoms with Gasteiger partial charge in [-0.1, -0.05) is 13.0 Å². The van der Waals surface area contributed by atoms with E-state index in [1.54, 1.807) is 6.08 Å². The number of rotatable bonds is 4. The largest absolute Gasteiger partial charge is 0.321 e. The molecule has 0 heterocycles. The smallest absolute Gasteiger partial charge is 0.0508 e.